The van der Waals surface area contributed by atoms with E-state index in [2.05, 4.69) is 10.6 Å². The zero-order chi connectivity index (χ0) is 19.3. The van der Waals surface area contributed by atoms with Gasteiger partial charge in [0, 0.05) is 13.1 Å². The monoisotopic (exact) mass is 360 g/mol. The molecular formula is C17H23F3N2O3. The zero-order valence-electron chi connectivity index (χ0n) is 14.7. The average molecular weight is 360 g/mol. The van der Waals surface area contributed by atoms with Crippen molar-refractivity contribution in [1.29, 1.82) is 0 Å². The molecule has 0 unspecified atom stereocenters. The van der Waals surface area contributed by atoms with Crippen molar-refractivity contribution in [2.45, 2.75) is 52.4 Å². The third-order valence-electron chi connectivity index (χ3n) is 3.01. The van der Waals surface area contributed by atoms with Crippen molar-refractivity contribution >= 4 is 12.0 Å². The summed E-state index contributed by atoms with van der Waals surface area (Å²) in [6, 6.07) is 3.34. The van der Waals surface area contributed by atoms with Crippen molar-refractivity contribution in [2.24, 2.45) is 0 Å². The predicted molar refractivity (Wildman–Crippen MR) is 87.1 cm³/mol. The number of hydrogen-bond donors (Lipinski definition) is 2. The van der Waals surface area contributed by atoms with E-state index in [4.69, 9.17) is 4.74 Å². The molecule has 8 heteroatoms. The fraction of sp³-hybridized carbons (Fsp3) is 0.529. The van der Waals surface area contributed by atoms with Crippen LogP contribution in [0.25, 0.3) is 0 Å². The van der Waals surface area contributed by atoms with Crippen molar-refractivity contribution in [1.82, 2.24) is 10.6 Å². The standard InChI is InChI=1S/C17H23F3N2O3/c1-5-8-21-14(23)12-7-6-11(9-13(12)17(18,19)20)10-22-15(24)25-16(2,3)4/h6-7,9H,5,8,10H2,1-4H3,(H,21,23)(H,22,24). The summed E-state index contributed by atoms with van der Waals surface area (Å²) in [4.78, 5) is 23.5. The van der Waals surface area contributed by atoms with Crippen LogP contribution >= 0.6 is 0 Å². The number of alkyl carbamates (subject to hydrolysis) is 1. The fourth-order valence-electron chi connectivity index (χ4n) is 1.96. The molecule has 2 amide bonds. The van der Waals surface area contributed by atoms with Gasteiger partial charge in [0.1, 0.15) is 5.60 Å². The number of ether oxygens (including phenoxy) is 1. The molecule has 0 radical (unpaired) electrons. The molecule has 5 nitrogen and oxygen atoms in total. The van der Waals surface area contributed by atoms with E-state index in [0.717, 1.165) is 12.1 Å². The lowest BCUT2D eigenvalue weighted by Gasteiger charge is -2.20. The maximum absolute atomic E-state index is 13.2. The lowest BCUT2D eigenvalue weighted by molar-refractivity contribution is -0.138. The molecule has 0 saturated heterocycles. The van der Waals surface area contributed by atoms with Gasteiger partial charge in [0.15, 0.2) is 0 Å². The van der Waals surface area contributed by atoms with Gasteiger partial charge in [0.2, 0.25) is 0 Å². The SMILES string of the molecule is CCCNC(=O)c1ccc(CNC(=O)OC(C)(C)C)cc1C(F)(F)F. The minimum absolute atomic E-state index is 0.144. The molecular weight excluding hydrogens is 337 g/mol. The number of halogens is 3. The second-order valence-corrected chi connectivity index (χ2v) is 6.49. The molecule has 0 atom stereocenters. The van der Waals surface area contributed by atoms with Crippen molar-refractivity contribution in [3.63, 3.8) is 0 Å². The van der Waals surface area contributed by atoms with Gasteiger partial charge in [-0.25, -0.2) is 4.79 Å². The molecule has 1 aromatic carbocycles. The quantitative estimate of drug-likeness (QED) is 0.838. The highest BCUT2D eigenvalue weighted by molar-refractivity contribution is 5.96. The third-order valence-corrected chi connectivity index (χ3v) is 3.01. The van der Waals surface area contributed by atoms with Gasteiger partial charge in [-0.1, -0.05) is 13.0 Å². The van der Waals surface area contributed by atoms with Crippen LogP contribution < -0.4 is 10.6 Å². The zero-order valence-corrected chi connectivity index (χ0v) is 14.7. The number of carbonyl (C=O) groups is 2. The Kier molecular flexibility index (Phi) is 6.84. The van der Waals surface area contributed by atoms with Gasteiger partial charge in [-0.2, -0.15) is 13.2 Å². The number of rotatable bonds is 5. The molecule has 0 aromatic heterocycles. The van der Waals surface area contributed by atoms with E-state index < -0.39 is 34.9 Å². The Hall–Kier alpha value is -2.25. The Morgan fingerprint density at radius 3 is 2.28 bits per heavy atom. The number of nitrogens with one attached hydrogen (secondary N) is 2. The van der Waals surface area contributed by atoms with Gasteiger partial charge in [-0.15, -0.1) is 0 Å². The van der Waals surface area contributed by atoms with E-state index >= 15 is 0 Å². The molecule has 0 saturated carbocycles. The minimum Gasteiger partial charge on any atom is -0.444 e. The van der Waals surface area contributed by atoms with E-state index in [1.807, 2.05) is 0 Å². The summed E-state index contributed by atoms with van der Waals surface area (Å²) in [5.41, 5.74) is -1.97. The summed E-state index contributed by atoms with van der Waals surface area (Å²) in [6.45, 7) is 6.98. The van der Waals surface area contributed by atoms with Gasteiger partial charge in [-0.05, 0) is 44.9 Å². The smallest absolute Gasteiger partial charge is 0.417 e. The van der Waals surface area contributed by atoms with Crippen LogP contribution in [0.15, 0.2) is 18.2 Å². The molecule has 0 aliphatic carbocycles. The molecule has 1 aromatic rings. The van der Waals surface area contributed by atoms with Crippen LogP contribution in [-0.4, -0.2) is 24.1 Å². The number of benzene rings is 1. The highest BCUT2D eigenvalue weighted by Gasteiger charge is 2.35. The molecule has 1 rings (SSSR count). The lowest BCUT2D eigenvalue weighted by Crippen LogP contribution is -2.32. The van der Waals surface area contributed by atoms with E-state index in [-0.39, 0.29) is 18.7 Å². The summed E-state index contributed by atoms with van der Waals surface area (Å²) >= 11 is 0. The van der Waals surface area contributed by atoms with Crippen molar-refractivity contribution in [3.05, 3.63) is 34.9 Å². The number of carbonyl (C=O) groups excluding carboxylic acids is 2. The van der Waals surface area contributed by atoms with E-state index in [1.54, 1.807) is 27.7 Å². The first kappa shape index (κ1) is 20.8. The first-order valence-electron chi connectivity index (χ1n) is 7.89. The van der Waals surface area contributed by atoms with Crippen LogP contribution in [0.5, 0.6) is 0 Å². The molecule has 25 heavy (non-hydrogen) atoms. The van der Waals surface area contributed by atoms with Crippen molar-refractivity contribution in [3.8, 4) is 0 Å². The van der Waals surface area contributed by atoms with Crippen LogP contribution in [-0.2, 0) is 17.5 Å². The second-order valence-electron chi connectivity index (χ2n) is 6.49. The highest BCUT2D eigenvalue weighted by Crippen LogP contribution is 2.32. The van der Waals surface area contributed by atoms with E-state index in [1.165, 1.54) is 6.07 Å². The minimum atomic E-state index is -4.68. The van der Waals surface area contributed by atoms with Gasteiger partial charge in [0.25, 0.3) is 5.91 Å². The fourth-order valence-corrected chi connectivity index (χ4v) is 1.96. The number of hydrogen-bond acceptors (Lipinski definition) is 3. The molecule has 0 fully saturated rings. The Balaban J connectivity index is 2.94. The van der Waals surface area contributed by atoms with Gasteiger partial charge in [-0.3, -0.25) is 4.79 Å². The van der Waals surface area contributed by atoms with E-state index in [0.29, 0.717) is 6.42 Å². The predicted octanol–water partition coefficient (Wildman–Crippen LogP) is 3.87. The van der Waals surface area contributed by atoms with Crippen LogP contribution in [0.4, 0.5) is 18.0 Å². The number of amides is 2. The van der Waals surface area contributed by atoms with Crippen molar-refractivity contribution < 1.29 is 27.5 Å². The summed E-state index contributed by atoms with van der Waals surface area (Å²) < 4.78 is 44.7. The Bertz CT molecular complexity index is 623. The molecule has 0 heterocycles. The normalized spacial score (nSPS) is 11.8. The van der Waals surface area contributed by atoms with Crippen LogP contribution in [0, 0.1) is 0 Å². The molecule has 0 spiro atoms. The molecule has 0 aliphatic rings. The summed E-state index contributed by atoms with van der Waals surface area (Å²) in [5.74, 6) is -0.777. The Morgan fingerprint density at radius 1 is 1.12 bits per heavy atom. The van der Waals surface area contributed by atoms with Crippen LogP contribution in [0.3, 0.4) is 0 Å². The summed E-state index contributed by atoms with van der Waals surface area (Å²) in [6.07, 6.45) is -4.79. The second kappa shape index (κ2) is 8.22. The summed E-state index contributed by atoms with van der Waals surface area (Å²) in [7, 11) is 0. The Labute approximate surface area is 144 Å². The lowest BCUT2D eigenvalue weighted by atomic mass is 10.0. The molecule has 0 bridgehead atoms. The van der Waals surface area contributed by atoms with Crippen LogP contribution in [0.2, 0.25) is 0 Å². The molecule has 0 aliphatic heterocycles. The van der Waals surface area contributed by atoms with E-state index in [9.17, 15) is 22.8 Å². The summed E-state index contributed by atoms with van der Waals surface area (Å²) in [5, 5.41) is 4.82. The van der Waals surface area contributed by atoms with Gasteiger partial charge >= 0.3 is 12.3 Å². The first-order chi connectivity index (χ1) is 11.4. The van der Waals surface area contributed by atoms with Crippen LogP contribution in [0.1, 0.15) is 55.6 Å². The largest absolute Gasteiger partial charge is 0.444 e. The average Bonchev–Trinajstić information content (AvgIpc) is 2.47. The topological polar surface area (TPSA) is 67.4 Å². The molecule has 2 N–H and O–H groups in total. The maximum atomic E-state index is 13.2. The maximum Gasteiger partial charge on any atom is 0.417 e. The van der Waals surface area contributed by atoms with Crippen molar-refractivity contribution in [2.75, 3.05) is 6.54 Å². The van der Waals surface area contributed by atoms with Gasteiger partial charge < -0.3 is 15.4 Å². The number of alkyl halides is 3. The van der Waals surface area contributed by atoms with Gasteiger partial charge in [0.05, 0.1) is 11.1 Å². The first-order valence-corrected chi connectivity index (χ1v) is 7.89. The Morgan fingerprint density at radius 2 is 1.76 bits per heavy atom. The third kappa shape index (κ3) is 7.03. The highest BCUT2D eigenvalue weighted by atomic mass is 19.4. The molecule has 140 valence electrons.